The molecule has 0 unspecified atom stereocenters. The van der Waals surface area contributed by atoms with Crippen LogP contribution in [0.2, 0.25) is 0 Å². The molecule has 1 rings (SSSR count). The van der Waals surface area contributed by atoms with Gasteiger partial charge in [0.1, 0.15) is 6.47 Å². The monoisotopic (exact) mass is 709 g/mol. The van der Waals surface area contributed by atoms with Crippen molar-refractivity contribution < 1.29 is 10.0 Å². The number of rotatable bonds is 3. The Hall–Kier alpha value is 2.56. The summed E-state index contributed by atoms with van der Waals surface area (Å²) in [6.07, 6.45) is 0. The Morgan fingerprint density at radius 1 is 0.789 bits per heavy atom. The molecule has 106 valence electrons. The van der Waals surface area contributed by atoms with E-state index in [0.29, 0.717) is 5.46 Å². The minimum absolute atomic E-state index is 0.428. The zero-order chi connectivity index (χ0) is 15.1. The highest BCUT2D eigenvalue weighted by molar-refractivity contribution is 9.42. The van der Waals surface area contributed by atoms with Crippen molar-refractivity contribution in [2.45, 2.75) is 8.61 Å². The van der Waals surface area contributed by atoms with Crippen LogP contribution in [0.3, 0.4) is 0 Å². The van der Waals surface area contributed by atoms with Crippen LogP contribution in [-0.4, -0.2) is 22.5 Å². The smallest absolute Gasteiger partial charge is 0.423 e. The summed E-state index contributed by atoms with van der Waals surface area (Å²) >= 11 is 24.8. The molecule has 1 aromatic rings. The predicted molar refractivity (Wildman–Crippen MR) is 106 cm³/mol. The Bertz CT molecular complexity index is 441. The average Bonchev–Trinajstić information content (AvgIpc) is 2.27. The van der Waals surface area contributed by atoms with Gasteiger partial charge < -0.3 is 10.0 Å². The van der Waals surface area contributed by atoms with E-state index in [9.17, 15) is 0 Å². The standard InChI is InChI=1S/C9H6BBr7O2/c11-7(12,8(13,14)9(15,16)17)5-1-3-6(4-2-5)10(18)19/h1-4,18-19H. The topological polar surface area (TPSA) is 40.5 Å². The van der Waals surface area contributed by atoms with Crippen molar-refractivity contribution in [3.05, 3.63) is 29.8 Å². The summed E-state index contributed by atoms with van der Waals surface area (Å²) in [6.45, 7) is 0. The van der Waals surface area contributed by atoms with E-state index in [2.05, 4.69) is 112 Å². The SMILES string of the molecule is OB(O)c1ccc(C(Br)(Br)C(Br)(Br)C(Br)(Br)Br)cc1. The van der Waals surface area contributed by atoms with Gasteiger partial charge in [0, 0.05) is 0 Å². The van der Waals surface area contributed by atoms with Crippen LogP contribution in [0.5, 0.6) is 0 Å². The molecule has 0 aliphatic rings. The molecule has 19 heavy (non-hydrogen) atoms. The van der Waals surface area contributed by atoms with Crippen molar-refractivity contribution in [3.8, 4) is 0 Å². The predicted octanol–water partition coefficient (Wildman–Crippen LogP) is 4.63. The first-order valence-electron chi connectivity index (χ1n) is 4.70. The molecule has 0 aliphatic carbocycles. The second kappa shape index (κ2) is 6.99. The summed E-state index contributed by atoms with van der Waals surface area (Å²) in [4.78, 5) is 0. The minimum Gasteiger partial charge on any atom is -0.423 e. The van der Waals surface area contributed by atoms with E-state index in [0.717, 1.165) is 5.56 Å². The normalized spacial score (nSPS) is 13.5. The molecule has 2 nitrogen and oxygen atoms in total. The largest absolute Gasteiger partial charge is 0.488 e. The van der Waals surface area contributed by atoms with Crippen LogP contribution in [0.15, 0.2) is 24.3 Å². The van der Waals surface area contributed by atoms with Crippen LogP contribution in [0.25, 0.3) is 0 Å². The molecule has 1 aromatic carbocycles. The van der Waals surface area contributed by atoms with Crippen molar-refractivity contribution in [3.63, 3.8) is 0 Å². The first-order valence-corrected chi connectivity index (χ1v) is 10.3. The Balaban J connectivity index is 3.20. The molecule has 0 atom stereocenters. The van der Waals surface area contributed by atoms with Gasteiger partial charge in [-0.05, 0) is 11.0 Å². The highest BCUT2D eigenvalue weighted by Crippen LogP contribution is 2.66. The molecule has 0 aromatic heterocycles. The van der Waals surface area contributed by atoms with Crippen LogP contribution in [-0.2, 0) is 3.23 Å². The molecule has 0 radical (unpaired) electrons. The second-order valence-corrected chi connectivity index (χ2v) is 17.3. The van der Waals surface area contributed by atoms with Crippen molar-refractivity contribution >= 4 is 124 Å². The third-order valence-electron chi connectivity index (χ3n) is 2.32. The fourth-order valence-corrected chi connectivity index (χ4v) is 5.29. The molecule has 0 spiro atoms. The van der Waals surface area contributed by atoms with Crippen LogP contribution in [0.1, 0.15) is 5.56 Å². The van der Waals surface area contributed by atoms with Crippen molar-refractivity contribution in [1.82, 2.24) is 0 Å². The summed E-state index contributed by atoms with van der Waals surface area (Å²) < 4.78 is -2.04. The third kappa shape index (κ3) is 4.31. The van der Waals surface area contributed by atoms with E-state index in [4.69, 9.17) is 10.0 Å². The molecular formula is C9H6BBr7O2. The summed E-state index contributed by atoms with van der Waals surface area (Å²) in [7, 11) is -1.48. The van der Waals surface area contributed by atoms with E-state index < -0.39 is 15.7 Å². The summed E-state index contributed by atoms with van der Waals surface area (Å²) in [6, 6.07) is 6.86. The Kier molecular flexibility index (Phi) is 7.21. The highest BCUT2D eigenvalue weighted by atomic mass is 80.0. The number of halogens is 7. The van der Waals surface area contributed by atoms with Gasteiger partial charge in [-0.2, -0.15) is 0 Å². The lowest BCUT2D eigenvalue weighted by Gasteiger charge is -2.40. The highest BCUT2D eigenvalue weighted by Gasteiger charge is 2.57. The Morgan fingerprint density at radius 3 is 1.53 bits per heavy atom. The van der Waals surface area contributed by atoms with Gasteiger partial charge in [-0.25, -0.2) is 0 Å². The molecular weight excluding hydrogens is 710 g/mol. The fraction of sp³-hybridized carbons (Fsp3) is 0.333. The van der Waals surface area contributed by atoms with Crippen molar-refractivity contribution in [2.24, 2.45) is 0 Å². The number of hydrogen-bond donors (Lipinski definition) is 2. The average molecular weight is 716 g/mol. The quantitative estimate of drug-likeness (QED) is 0.354. The lowest BCUT2D eigenvalue weighted by atomic mass is 9.80. The van der Waals surface area contributed by atoms with Crippen molar-refractivity contribution in [2.75, 3.05) is 0 Å². The molecule has 0 heterocycles. The first kappa shape index (κ1) is 19.6. The van der Waals surface area contributed by atoms with Crippen LogP contribution >= 0.6 is 112 Å². The van der Waals surface area contributed by atoms with Gasteiger partial charge >= 0.3 is 7.12 Å². The van der Waals surface area contributed by atoms with E-state index in [1.54, 1.807) is 24.3 Å². The first-order chi connectivity index (χ1) is 8.41. The van der Waals surface area contributed by atoms with Gasteiger partial charge in [-0.3, -0.25) is 0 Å². The van der Waals surface area contributed by atoms with Gasteiger partial charge in [-0.15, -0.1) is 0 Å². The molecule has 0 fully saturated rings. The zero-order valence-corrected chi connectivity index (χ0v) is 20.0. The third-order valence-corrected chi connectivity index (χ3v) is 13.9. The van der Waals surface area contributed by atoms with Gasteiger partial charge in [0.25, 0.3) is 0 Å². The summed E-state index contributed by atoms with van der Waals surface area (Å²) in [5.41, 5.74) is 1.30. The Labute approximate surface area is 170 Å². The van der Waals surface area contributed by atoms with E-state index >= 15 is 0 Å². The molecule has 0 aliphatic heterocycles. The molecule has 0 bridgehead atoms. The maximum atomic E-state index is 9.10. The summed E-state index contributed by atoms with van der Waals surface area (Å²) in [5.74, 6) is 0. The summed E-state index contributed by atoms with van der Waals surface area (Å²) in [5, 5.41) is 18.2. The van der Waals surface area contributed by atoms with Gasteiger partial charge in [-0.1, -0.05) is 136 Å². The maximum Gasteiger partial charge on any atom is 0.488 e. The number of alkyl halides is 7. The number of hydrogen-bond acceptors (Lipinski definition) is 2. The molecule has 0 saturated heterocycles. The zero-order valence-electron chi connectivity index (χ0n) is 8.93. The maximum absolute atomic E-state index is 9.10. The lowest BCUT2D eigenvalue weighted by molar-refractivity contribution is 0.426. The van der Waals surface area contributed by atoms with Gasteiger partial charge in [0.15, 0.2) is 2.14 Å². The van der Waals surface area contributed by atoms with Crippen LogP contribution < -0.4 is 5.46 Å². The molecule has 2 N–H and O–H groups in total. The van der Waals surface area contributed by atoms with E-state index in [1.165, 1.54) is 0 Å². The van der Waals surface area contributed by atoms with Gasteiger partial charge in [0.05, 0.1) is 0 Å². The minimum atomic E-state index is -1.48. The van der Waals surface area contributed by atoms with Crippen LogP contribution in [0, 0.1) is 0 Å². The molecule has 0 amide bonds. The van der Waals surface area contributed by atoms with Crippen molar-refractivity contribution in [1.29, 1.82) is 0 Å². The Morgan fingerprint density at radius 2 is 1.21 bits per heavy atom. The molecule has 10 heteroatoms. The van der Waals surface area contributed by atoms with E-state index in [1.807, 2.05) is 0 Å². The molecule has 0 saturated carbocycles. The van der Waals surface area contributed by atoms with E-state index in [-0.39, 0.29) is 0 Å². The second-order valence-electron chi connectivity index (χ2n) is 3.64. The fourth-order valence-electron chi connectivity index (χ4n) is 1.22. The van der Waals surface area contributed by atoms with Crippen LogP contribution in [0.4, 0.5) is 0 Å². The number of benzene rings is 1. The van der Waals surface area contributed by atoms with Gasteiger partial charge in [0.2, 0.25) is 0 Å². The lowest BCUT2D eigenvalue weighted by Crippen LogP contribution is -2.42.